The van der Waals surface area contributed by atoms with Gasteiger partial charge in [0.1, 0.15) is 0 Å². The standard InChI is InChI=1S/C21H18BrClN4O/c22-18-4-2-1-3-17(18)21(28)27-13-11-26(12-14-27)20-10-9-19(24-25-20)15-5-7-16(23)8-6-15/h1-10H,11-14H2. The van der Waals surface area contributed by atoms with Gasteiger partial charge in [-0.1, -0.05) is 35.9 Å². The molecule has 0 saturated carbocycles. The van der Waals surface area contributed by atoms with Gasteiger partial charge < -0.3 is 9.80 Å². The van der Waals surface area contributed by atoms with Crippen LogP contribution in [0.1, 0.15) is 10.4 Å². The molecule has 1 fully saturated rings. The first kappa shape index (κ1) is 18.9. The number of anilines is 1. The normalized spacial score (nSPS) is 14.2. The number of rotatable bonds is 3. The van der Waals surface area contributed by atoms with Crippen LogP contribution in [0, 0.1) is 0 Å². The molecule has 4 rings (SSSR count). The lowest BCUT2D eigenvalue weighted by Gasteiger charge is -2.35. The lowest BCUT2D eigenvalue weighted by atomic mass is 10.1. The maximum Gasteiger partial charge on any atom is 0.255 e. The summed E-state index contributed by atoms with van der Waals surface area (Å²) >= 11 is 9.39. The maximum absolute atomic E-state index is 12.7. The van der Waals surface area contributed by atoms with E-state index in [1.54, 1.807) is 0 Å². The van der Waals surface area contributed by atoms with E-state index in [0.717, 1.165) is 34.6 Å². The summed E-state index contributed by atoms with van der Waals surface area (Å²) in [4.78, 5) is 16.8. The van der Waals surface area contributed by atoms with Crippen molar-refractivity contribution < 1.29 is 4.79 Å². The molecule has 1 aromatic heterocycles. The second-order valence-electron chi connectivity index (χ2n) is 6.54. The second-order valence-corrected chi connectivity index (χ2v) is 7.83. The summed E-state index contributed by atoms with van der Waals surface area (Å²) in [6, 6.07) is 19.0. The van der Waals surface area contributed by atoms with Crippen LogP contribution in [0.25, 0.3) is 11.3 Å². The molecule has 7 heteroatoms. The van der Waals surface area contributed by atoms with E-state index in [0.29, 0.717) is 23.7 Å². The van der Waals surface area contributed by atoms with Crippen molar-refractivity contribution in [1.82, 2.24) is 15.1 Å². The summed E-state index contributed by atoms with van der Waals surface area (Å²) < 4.78 is 0.825. The molecule has 0 radical (unpaired) electrons. The summed E-state index contributed by atoms with van der Waals surface area (Å²) in [6.45, 7) is 2.76. The molecule has 3 aromatic rings. The molecule has 0 aliphatic carbocycles. The van der Waals surface area contributed by atoms with Crippen LogP contribution < -0.4 is 4.90 Å². The molecule has 5 nitrogen and oxygen atoms in total. The average molecular weight is 458 g/mol. The highest BCUT2D eigenvalue weighted by molar-refractivity contribution is 9.10. The summed E-state index contributed by atoms with van der Waals surface area (Å²) in [6.07, 6.45) is 0. The Bertz CT molecular complexity index is 970. The van der Waals surface area contributed by atoms with Crippen molar-refractivity contribution >= 4 is 39.3 Å². The van der Waals surface area contributed by atoms with Crippen LogP contribution in [0.15, 0.2) is 65.1 Å². The molecule has 1 saturated heterocycles. The number of aromatic nitrogens is 2. The van der Waals surface area contributed by atoms with Crippen molar-refractivity contribution in [2.75, 3.05) is 31.1 Å². The Balaban J connectivity index is 1.40. The van der Waals surface area contributed by atoms with Crippen LogP contribution in [0.2, 0.25) is 5.02 Å². The van der Waals surface area contributed by atoms with E-state index in [2.05, 4.69) is 31.0 Å². The third kappa shape index (κ3) is 4.03. The third-order valence-electron chi connectivity index (χ3n) is 4.79. The zero-order valence-electron chi connectivity index (χ0n) is 15.1. The molecule has 2 heterocycles. The molecule has 142 valence electrons. The summed E-state index contributed by atoms with van der Waals surface area (Å²) in [5, 5.41) is 9.42. The zero-order chi connectivity index (χ0) is 19.5. The number of nitrogens with zero attached hydrogens (tertiary/aromatic N) is 4. The van der Waals surface area contributed by atoms with Crippen LogP contribution in [0.5, 0.6) is 0 Å². The molecule has 1 aliphatic rings. The lowest BCUT2D eigenvalue weighted by Crippen LogP contribution is -2.49. The van der Waals surface area contributed by atoms with Gasteiger partial charge in [-0.2, -0.15) is 0 Å². The molecule has 2 aromatic carbocycles. The Hall–Kier alpha value is -2.44. The fourth-order valence-corrected chi connectivity index (χ4v) is 3.79. The van der Waals surface area contributed by atoms with Gasteiger partial charge in [0.2, 0.25) is 0 Å². The van der Waals surface area contributed by atoms with Crippen molar-refractivity contribution in [3.63, 3.8) is 0 Å². The Morgan fingerprint density at radius 3 is 2.25 bits per heavy atom. The van der Waals surface area contributed by atoms with Crippen molar-refractivity contribution in [2.24, 2.45) is 0 Å². The van der Waals surface area contributed by atoms with Gasteiger partial charge in [-0.25, -0.2) is 0 Å². The van der Waals surface area contributed by atoms with E-state index < -0.39 is 0 Å². The number of hydrogen-bond donors (Lipinski definition) is 0. The summed E-state index contributed by atoms with van der Waals surface area (Å²) in [5.41, 5.74) is 2.48. The van der Waals surface area contributed by atoms with E-state index in [-0.39, 0.29) is 5.91 Å². The molecular weight excluding hydrogens is 440 g/mol. The molecule has 0 spiro atoms. The average Bonchev–Trinajstić information content (AvgIpc) is 2.74. The molecule has 0 unspecified atom stereocenters. The van der Waals surface area contributed by atoms with E-state index >= 15 is 0 Å². The monoisotopic (exact) mass is 456 g/mol. The minimum atomic E-state index is 0.0521. The number of hydrogen-bond acceptors (Lipinski definition) is 4. The third-order valence-corrected chi connectivity index (χ3v) is 5.73. The Morgan fingerprint density at radius 1 is 0.893 bits per heavy atom. The smallest absolute Gasteiger partial charge is 0.255 e. The Labute approximate surface area is 177 Å². The molecule has 0 atom stereocenters. The summed E-state index contributed by atoms with van der Waals surface area (Å²) in [7, 11) is 0. The number of halogens is 2. The van der Waals surface area contributed by atoms with E-state index in [1.165, 1.54) is 0 Å². The molecule has 28 heavy (non-hydrogen) atoms. The van der Waals surface area contributed by atoms with Crippen molar-refractivity contribution in [1.29, 1.82) is 0 Å². The lowest BCUT2D eigenvalue weighted by molar-refractivity contribution is 0.0745. The fourth-order valence-electron chi connectivity index (χ4n) is 3.21. The van der Waals surface area contributed by atoms with Gasteiger partial charge in [0.15, 0.2) is 5.82 Å². The van der Waals surface area contributed by atoms with Gasteiger partial charge in [-0.05, 0) is 52.3 Å². The van der Waals surface area contributed by atoms with Gasteiger partial charge in [-0.15, -0.1) is 10.2 Å². The van der Waals surface area contributed by atoms with Crippen molar-refractivity contribution in [3.8, 4) is 11.3 Å². The van der Waals surface area contributed by atoms with Crippen molar-refractivity contribution in [3.05, 3.63) is 75.7 Å². The van der Waals surface area contributed by atoms with E-state index in [4.69, 9.17) is 11.6 Å². The van der Waals surface area contributed by atoms with Crippen LogP contribution in [-0.2, 0) is 0 Å². The topological polar surface area (TPSA) is 49.3 Å². The first-order chi connectivity index (χ1) is 13.6. The predicted molar refractivity (Wildman–Crippen MR) is 115 cm³/mol. The molecule has 0 N–H and O–H groups in total. The summed E-state index contributed by atoms with van der Waals surface area (Å²) in [5.74, 6) is 0.877. The number of carbonyl (C=O) groups is 1. The van der Waals surface area contributed by atoms with Crippen molar-refractivity contribution in [2.45, 2.75) is 0 Å². The highest BCUT2D eigenvalue weighted by atomic mass is 79.9. The first-order valence-corrected chi connectivity index (χ1v) is 10.2. The Morgan fingerprint density at radius 2 is 1.61 bits per heavy atom. The minimum Gasteiger partial charge on any atom is -0.352 e. The zero-order valence-corrected chi connectivity index (χ0v) is 17.4. The van der Waals surface area contributed by atoms with E-state index in [1.807, 2.05) is 65.6 Å². The van der Waals surface area contributed by atoms with Gasteiger partial charge in [-0.3, -0.25) is 4.79 Å². The number of amides is 1. The Kier molecular flexibility index (Phi) is 5.59. The van der Waals surface area contributed by atoms with Gasteiger partial charge in [0, 0.05) is 41.2 Å². The quantitative estimate of drug-likeness (QED) is 0.580. The molecule has 0 bridgehead atoms. The van der Waals surface area contributed by atoms with Gasteiger partial charge in [0.05, 0.1) is 11.3 Å². The van der Waals surface area contributed by atoms with Gasteiger partial charge in [0.25, 0.3) is 5.91 Å². The number of benzene rings is 2. The van der Waals surface area contributed by atoms with Gasteiger partial charge >= 0.3 is 0 Å². The minimum absolute atomic E-state index is 0.0521. The molecule has 1 aliphatic heterocycles. The fraction of sp³-hybridized carbons (Fsp3) is 0.190. The molecule has 1 amide bonds. The first-order valence-electron chi connectivity index (χ1n) is 9.00. The highest BCUT2D eigenvalue weighted by Crippen LogP contribution is 2.22. The molecular formula is C21H18BrClN4O. The highest BCUT2D eigenvalue weighted by Gasteiger charge is 2.24. The van der Waals surface area contributed by atoms with Crippen LogP contribution in [0.4, 0.5) is 5.82 Å². The van der Waals surface area contributed by atoms with Crippen LogP contribution >= 0.6 is 27.5 Å². The number of carbonyl (C=O) groups excluding carboxylic acids is 1. The van der Waals surface area contributed by atoms with E-state index in [9.17, 15) is 4.79 Å². The number of piperazine rings is 1. The van der Waals surface area contributed by atoms with Crippen LogP contribution in [0.3, 0.4) is 0 Å². The predicted octanol–water partition coefficient (Wildman–Crippen LogP) is 4.52. The SMILES string of the molecule is O=C(c1ccccc1Br)N1CCN(c2ccc(-c3ccc(Cl)cc3)nn2)CC1. The van der Waals surface area contributed by atoms with Crippen LogP contribution in [-0.4, -0.2) is 47.2 Å². The maximum atomic E-state index is 12.7. The second kappa shape index (κ2) is 8.29. The largest absolute Gasteiger partial charge is 0.352 e.